The van der Waals surface area contributed by atoms with Crippen molar-refractivity contribution in [1.82, 2.24) is 14.8 Å². The summed E-state index contributed by atoms with van der Waals surface area (Å²) in [6, 6.07) is 5.59. The van der Waals surface area contributed by atoms with E-state index in [1.54, 1.807) is 28.2 Å². The second-order valence-corrected chi connectivity index (χ2v) is 8.15. The van der Waals surface area contributed by atoms with Gasteiger partial charge in [-0.2, -0.15) is 0 Å². The second-order valence-electron chi connectivity index (χ2n) is 8.15. The first-order valence-corrected chi connectivity index (χ1v) is 10.2. The molecule has 168 valence electrons. The van der Waals surface area contributed by atoms with Gasteiger partial charge in [-0.25, -0.2) is 9.78 Å². The van der Waals surface area contributed by atoms with Crippen molar-refractivity contribution in [3.8, 4) is 5.75 Å². The van der Waals surface area contributed by atoms with Gasteiger partial charge in [0, 0.05) is 32.1 Å². The number of alkyl halides is 3. The van der Waals surface area contributed by atoms with Crippen molar-refractivity contribution in [3.63, 3.8) is 0 Å². The zero-order valence-corrected chi connectivity index (χ0v) is 17.0. The van der Waals surface area contributed by atoms with Gasteiger partial charge < -0.3 is 24.1 Å². The summed E-state index contributed by atoms with van der Waals surface area (Å²) in [5, 5.41) is 9.79. The van der Waals surface area contributed by atoms with E-state index in [9.17, 15) is 23.1 Å². The summed E-state index contributed by atoms with van der Waals surface area (Å²) in [4.78, 5) is 20.8. The predicted octanol–water partition coefficient (Wildman–Crippen LogP) is 3.64. The average Bonchev–Trinajstić information content (AvgIpc) is 3.35. The molecule has 2 fully saturated rings. The van der Waals surface area contributed by atoms with Crippen LogP contribution in [0, 0.1) is 6.92 Å². The first kappa shape index (κ1) is 21.5. The van der Waals surface area contributed by atoms with Crippen molar-refractivity contribution in [1.29, 1.82) is 0 Å². The van der Waals surface area contributed by atoms with Crippen LogP contribution in [0.15, 0.2) is 34.9 Å². The number of aliphatic hydroxyl groups excluding tert-OH is 1. The molecule has 1 aromatic heterocycles. The van der Waals surface area contributed by atoms with Crippen molar-refractivity contribution >= 4 is 6.03 Å². The molecule has 3 unspecified atom stereocenters. The first-order valence-electron chi connectivity index (χ1n) is 10.2. The summed E-state index contributed by atoms with van der Waals surface area (Å²) >= 11 is 0. The third-order valence-electron chi connectivity index (χ3n) is 5.73. The van der Waals surface area contributed by atoms with Crippen LogP contribution in [0.3, 0.4) is 0 Å². The highest BCUT2D eigenvalue weighted by Crippen LogP contribution is 2.37. The lowest BCUT2D eigenvalue weighted by atomic mass is 9.84. The molecular formula is C21H24F3N3O4. The van der Waals surface area contributed by atoms with Crippen LogP contribution < -0.4 is 4.74 Å². The Hall–Kier alpha value is -2.75. The molecule has 1 N–H and O–H groups in total. The Morgan fingerprint density at radius 2 is 1.87 bits per heavy atom. The SMILES string of the molecule is Cc1coc(C2CC(c3ccc(OC(F)(F)F)cc3)CN(C(=O)N3CCC(O)C3)C2)n1. The van der Waals surface area contributed by atoms with Crippen LogP contribution in [0.5, 0.6) is 5.75 Å². The second kappa shape index (κ2) is 8.41. The van der Waals surface area contributed by atoms with Crippen molar-refractivity contribution < 1.29 is 32.2 Å². The number of hydrogen-bond acceptors (Lipinski definition) is 5. The summed E-state index contributed by atoms with van der Waals surface area (Å²) in [7, 11) is 0. The van der Waals surface area contributed by atoms with E-state index >= 15 is 0 Å². The maximum Gasteiger partial charge on any atom is 0.573 e. The van der Waals surface area contributed by atoms with Gasteiger partial charge in [0.25, 0.3) is 0 Å². The number of aryl methyl sites for hydroxylation is 1. The summed E-state index contributed by atoms with van der Waals surface area (Å²) in [6.07, 6.45) is -2.51. The monoisotopic (exact) mass is 439 g/mol. The highest BCUT2D eigenvalue weighted by Gasteiger charge is 2.37. The molecular weight excluding hydrogens is 415 g/mol. The minimum atomic E-state index is -4.75. The van der Waals surface area contributed by atoms with E-state index in [0.29, 0.717) is 44.9 Å². The van der Waals surface area contributed by atoms with Gasteiger partial charge in [0.15, 0.2) is 5.89 Å². The summed E-state index contributed by atoms with van der Waals surface area (Å²) in [5.41, 5.74) is 1.55. The number of amides is 2. The number of ether oxygens (including phenoxy) is 1. The number of β-amino-alcohol motifs (C(OH)–C–C–N with tert-alkyl or cyclic N) is 1. The molecule has 2 aromatic rings. The van der Waals surface area contributed by atoms with Gasteiger partial charge in [-0.1, -0.05) is 12.1 Å². The number of likely N-dealkylation sites (tertiary alicyclic amines) is 2. The van der Waals surface area contributed by atoms with E-state index in [1.165, 1.54) is 12.1 Å². The number of nitrogens with zero attached hydrogens (tertiary/aromatic N) is 3. The lowest BCUT2D eigenvalue weighted by molar-refractivity contribution is -0.274. The van der Waals surface area contributed by atoms with E-state index in [0.717, 1.165) is 11.3 Å². The summed E-state index contributed by atoms with van der Waals surface area (Å²) in [5.74, 6) is 0.00167. The summed E-state index contributed by atoms with van der Waals surface area (Å²) in [6.45, 7) is 3.46. The zero-order valence-electron chi connectivity index (χ0n) is 17.0. The Labute approximate surface area is 177 Å². The molecule has 4 rings (SSSR count). The van der Waals surface area contributed by atoms with Crippen molar-refractivity contribution in [2.24, 2.45) is 0 Å². The number of carbonyl (C=O) groups excluding carboxylic acids is 1. The van der Waals surface area contributed by atoms with E-state index in [2.05, 4.69) is 9.72 Å². The number of aromatic nitrogens is 1. The molecule has 2 amide bonds. The van der Waals surface area contributed by atoms with Crippen LogP contribution >= 0.6 is 0 Å². The number of carbonyl (C=O) groups is 1. The first-order chi connectivity index (χ1) is 14.7. The van der Waals surface area contributed by atoms with Crippen LogP contribution in [0.4, 0.5) is 18.0 Å². The average molecular weight is 439 g/mol. The van der Waals surface area contributed by atoms with E-state index in [1.807, 2.05) is 6.92 Å². The van der Waals surface area contributed by atoms with E-state index in [4.69, 9.17) is 4.42 Å². The van der Waals surface area contributed by atoms with Gasteiger partial charge in [-0.15, -0.1) is 13.2 Å². The number of urea groups is 1. The Morgan fingerprint density at radius 1 is 1.16 bits per heavy atom. The van der Waals surface area contributed by atoms with E-state index in [-0.39, 0.29) is 23.6 Å². The lowest BCUT2D eigenvalue weighted by Crippen LogP contribution is -2.48. The Bertz CT molecular complexity index is 915. The normalized spacial score (nSPS) is 24.5. The maximum absolute atomic E-state index is 13.1. The molecule has 2 saturated heterocycles. The number of piperidine rings is 1. The molecule has 3 atom stereocenters. The Balaban J connectivity index is 1.55. The van der Waals surface area contributed by atoms with Crippen LogP contribution in [-0.2, 0) is 0 Å². The summed E-state index contributed by atoms with van der Waals surface area (Å²) < 4.78 is 46.9. The minimum Gasteiger partial charge on any atom is -0.448 e. The number of oxazole rings is 1. The van der Waals surface area contributed by atoms with Gasteiger partial charge in [0.1, 0.15) is 12.0 Å². The van der Waals surface area contributed by atoms with Crippen LogP contribution in [0.2, 0.25) is 0 Å². The Kier molecular flexibility index (Phi) is 5.83. The lowest BCUT2D eigenvalue weighted by Gasteiger charge is -2.38. The third-order valence-corrected chi connectivity index (χ3v) is 5.73. The molecule has 1 aromatic carbocycles. The number of benzene rings is 1. The number of halogens is 3. The fraction of sp³-hybridized carbons (Fsp3) is 0.524. The topological polar surface area (TPSA) is 79.0 Å². The minimum absolute atomic E-state index is 0.109. The van der Waals surface area contributed by atoms with Crippen LogP contribution in [0.1, 0.15) is 41.8 Å². The van der Waals surface area contributed by atoms with E-state index < -0.39 is 12.5 Å². The molecule has 31 heavy (non-hydrogen) atoms. The Morgan fingerprint density at radius 3 is 2.45 bits per heavy atom. The number of hydrogen-bond donors (Lipinski definition) is 1. The quantitative estimate of drug-likeness (QED) is 0.790. The zero-order chi connectivity index (χ0) is 22.2. The van der Waals surface area contributed by atoms with Crippen molar-refractivity contribution in [2.75, 3.05) is 26.2 Å². The van der Waals surface area contributed by atoms with Crippen molar-refractivity contribution in [3.05, 3.63) is 47.7 Å². The third kappa shape index (κ3) is 5.12. The fourth-order valence-electron chi connectivity index (χ4n) is 4.29. The molecule has 3 heterocycles. The number of rotatable bonds is 3. The van der Waals surface area contributed by atoms with Gasteiger partial charge in [0.05, 0.1) is 17.7 Å². The fourth-order valence-corrected chi connectivity index (χ4v) is 4.29. The van der Waals surface area contributed by atoms with Gasteiger partial charge in [-0.05, 0) is 37.5 Å². The molecule has 0 bridgehead atoms. The van der Waals surface area contributed by atoms with Gasteiger partial charge in [0.2, 0.25) is 0 Å². The molecule has 2 aliphatic rings. The largest absolute Gasteiger partial charge is 0.573 e. The maximum atomic E-state index is 13.1. The highest BCUT2D eigenvalue weighted by molar-refractivity contribution is 5.75. The van der Waals surface area contributed by atoms with Gasteiger partial charge >= 0.3 is 12.4 Å². The standard InChI is InChI=1S/C21H24F3N3O4/c1-13-12-30-19(25-13)16-8-15(14-2-4-18(5-3-14)31-21(22,23)24)9-27(10-16)20(29)26-7-6-17(28)11-26/h2-5,12,15-17,28H,6-11H2,1H3. The van der Waals surface area contributed by atoms with Gasteiger partial charge in [-0.3, -0.25) is 0 Å². The molecule has 10 heteroatoms. The molecule has 0 aliphatic carbocycles. The molecule has 0 radical (unpaired) electrons. The molecule has 2 aliphatic heterocycles. The molecule has 0 saturated carbocycles. The van der Waals surface area contributed by atoms with Crippen molar-refractivity contribution in [2.45, 2.75) is 44.1 Å². The smallest absolute Gasteiger partial charge is 0.448 e. The highest BCUT2D eigenvalue weighted by atomic mass is 19.4. The molecule has 7 nitrogen and oxygen atoms in total. The van der Waals surface area contributed by atoms with Crippen LogP contribution in [-0.4, -0.2) is 64.6 Å². The predicted molar refractivity (Wildman–Crippen MR) is 104 cm³/mol. The number of aliphatic hydroxyl groups is 1. The molecule has 0 spiro atoms. The van der Waals surface area contributed by atoms with Crippen LogP contribution in [0.25, 0.3) is 0 Å².